The van der Waals surface area contributed by atoms with E-state index in [4.69, 9.17) is 28.3 Å². The van der Waals surface area contributed by atoms with Gasteiger partial charge in [-0.05, 0) is 50.9 Å². The van der Waals surface area contributed by atoms with Gasteiger partial charge in [0.1, 0.15) is 0 Å². The molecule has 0 saturated heterocycles. The Kier molecular flexibility index (Phi) is 11.7. The maximum absolute atomic E-state index is 10.5. The zero-order valence-corrected chi connectivity index (χ0v) is 18.6. The molecule has 162 valence electrons. The standard InChI is InChI=1S/C22H36Cl2O4/c1-3-14-22(24,4-2)20(26)12-9-11-17-16(18(23)15-19(17)25)10-7-5-6-8-13-21(27)28/h5,7,9,11,16-20,25-26H,3-4,6,8,10,12-15H2,1-2H3,(H,27,28)/b7-5-,11-9+/t16-,17-,18-,19-,20+,22?/m1/s1. The average Bonchev–Trinajstić information content (AvgIpc) is 2.90. The van der Waals surface area contributed by atoms with Gasteiger partial charge in [-0.25, -0.2) is 0 Å². The van der Waals surface area contributed by atoms with E-state index in [1.54, 1.807) is 0 Å². The molecule has 3 N–H and O–H groups in total. The molecule has 1 fully saturated rings. The van der Waals surface area contributed by atoms with Gasteiger partial charge in [-0.1, -0.05) is 44.6 Å². The predicted octanol–water partition coefficient (Wildman–Crippen LogP) is 5.29. The van der Waals surface area contributed by atoms with Gasteiger partial charge in [0.15, 0.2) is 0 Å². The minimum Gasteiger partial charge on any atom is -0.481 e. The molecule has 0 aromatic heterocycles. The van der Waals surface area contributed by atoms with Crippen LogP contribution >= 0.6 is 23.2 Å². The van der Waals surface area contributed by atoms with Crippen LogP contribution in [0, 0.1) is 11.8 Å². The van der Waals surface area contributed by atoms with Crippen molar-refractivity contribution in [2.75, 3.05) is 0 Å². The van der Waals surface area contributed by atoms with Crippen LogP contribution in [0.3, 0.4) is 0 Å². The number of carboxylic acid groups (broad SMARTS) is 1. The van der Waals surface area contributed by atoms with Crippen molar-refractivity contribution in [1.29, 1.82) is 0 Å². The van der Waals surface area contributed by atoms with Crippen molar-refractivity contribution < 1.29 is 20.1 Å². The first kappa shape index (κ1) is 25.5. The summed E-state index contributed by atoms with van der Waals surface area (Å²) >= 11 is 13.0. The first-order valence-electron chi connectivity index (χ1n) is 10.5. The Hall–Kier alpha value is -0.550. The van der Waals surface area contributed by atoms with Crippen LogP contribution < -0.4 is 0 Å². The van der Waals surface area contributed by atoms with Crippen molar-refractivity contribution in [2.45, 2.75) is 94.1 Å². The molecule has 28 heavy (non-hydrogen) atoms. The Bertz CT molecular complexity index is 523. The summed E-state index contributed by atoms with van der Waals surface area (Å²) in [6, 6.07) is 0. The first-order valence-corrected chi connectivity index (χ1v) is 11.3. The Labute approximate surface area is 179 Å². The van der Waals surface area contributed by atoms with Gasteiger partial charge >= 0.3 is 5.97 Å². The van der Waals surface area contributed by atoms with E-state index in [-0.39, 0.29) is 23.6 Å². The molecule has 0 amide bonds. The molecule has 1 aliphatic carbocycles. The first-order chi connectivity index (χ1) is 13.2. The van der Waals surface area contributed by atoms with Gasteiger partial charge in [-0.15, -0.1) is 23.2 Å². The van der Waals surface area contributed by atoms with Crippen LogP contribution in [-0.2, 0) is 4.79 Å². The molecule has 4 nitrogen and oxygen atoms in total. The highest BCUT2D eigenvalue weighted by Crippen LogP contribution is 2.40. The zero-order chi connectivity index (χ0) is 21.2. The SMILES string of the molecule is CCCC(Cl)(CC)[C@@H](O)C/C=C/[C@@H]1[C@@H](C/C=C\CCCC(=O)O)[C@H](Cl)C[C@H]1O. The third-order valence-corrected chi connectivity index (χ3v) is 6.98. The molecule has 1 rings (SSSR count). The molecule has 0 aromatic rings. The van der Waals surface area contributed by atoms with Crippen molar-refractivity contribution in [3.8, 4) is 0 Å². The van der Waals surface area contributed by atoms with E-state index in [2.05, 4.69) is 6.92 Å². The number of halogens is 2. The smallest absolute Gasteiger partial charge is 0.303 e. The van der Waals surface area contributed by atoms with E-state index in [9.17, 15) is 15.0 Å². The highest BCUT2D eigenvalue weighted by atomic mass is 35.5. The van der Waals surface area contributed by atoms with Gasteiger partial charge < -0.3 is 15.3 Å². The second kappa shape index (κ2) is 12.9. The van der Waals surface area contributed by atoms with E-state index < -0.39 is 23.1 Å². The van der Waals surface area contributed by atoms with Crippen molar-refractivity contribution in [2.24, 2.45) is 11.8 Å². The predicted molar refractivity (Wildman–Crippen MR) is 116 cm³/mol. The number of aliphatic hydroxyl groups is 2. The second-order valence-electron chi connectivity index (χ2n) is 7.87. The average molecular weight is 435 g/mol. The molecule has 0 heterocycles. The topological polar surface area (TPSA) is 77.8 Å². The lowest BCUT2D eigenvalue weighted by Crippen LogP contribution is -2.35. The van der Waals surface area contributed by atoms with Crippen LogP contribution in [0.1, 0.15) is 71.6 Å². The number of rotatable bonds is 13. The van der Waals surface area contributed by atoms with E-state index in [0.717, 1.165) is 25.7 Å². The van der Waals surface area contributed by atoms with Gasteiger partial charge in [0, 0.05) is 17.7 Å². The van der Waals surface area contributed by atoms with Crippen LogP contribution in [0.5, 0.6) is 0 Å². The Balaban J connectivity index is 2.59. The number of aliphatic carboxylic acids is 1. The van der Waals surface area contributed by atoms with E-state index in [0.29, 0.717) is 25.7 Å². The highest BCUT2D eigenvalue weighted by molar-refractivity contribution is 6.24. The van der Waals surface area contributed by atoms with Crippen molar-refractivity contribution in [1.82, 2.24) is 0 Å². The highest BCUT2D eigenvalue weighted by Gasteiger charge is 2.39. The zero-order valence-electron chi connectivity index (χ0n) is 17.1. The molecule has 0 radical (unpaired) electrons. The summed E-state index contributed by atoms with van der Waals surface area (Å²) in [6.45, 7) is 4.05. The summed E-state index contributed by atoms with van der Waals surface area (Å²) in [5.41, 5.74) is 0. The Morgan fingerprint density at radius 1 is 1.29 bits per heavy atom. The maximum Gasteiger partial charge on any atom is 0.303 e. The fourth-order valence-electron chi connectivity index (χ4n) is 3.98. The molecule has 1 aliphatic rings. The summed E-state index contributed by atoms with van der Waals surface area (Å²) in [7, 11) is 0. The molecular weight excluding hydrogens is 399 g/mol. The summed E-state index contributed by atoms with van der Waals surface area (Å²) in [5.74, 6) is -0.692. The number of hydrogen-bond donors (Lipinski definition) is 3. The van der Waals surface area contributed by atoms with Crippen molar-refractivity contribution in [3.05, 3.63) is 24.3 Å². The fourth-order valence-corrected chi connectivity index (χ4v) is 4.71. The van der Waals surface area contributed by atoms with Crippen LogP contribution in [0.15, 0.2) is 24.3 Å². The number of allylic oxidation sites excluding steroid dienone is 2. The molecule has 6 atom stereocenters. The summed E-state index contributed by atoms with van der Waals surface area (Å²) in [4.78, 5) is 9.93. The normalized spacial score (nSPS) is 28.8. The maximum atomic E-state index is 10.5. The third kappa shape index (κ3) is 8.06. The lowest BCUT2D eigenvalue weighted by Gasteiger charge is -2.30. The van der Waals surface area contributed by atoms with Crippen LogP contribution in [0.2, 0.25) is 0 Å². The largest absolute Gasteiger partial charge is 0.481 e. The summed E-state index contributed by atoms with van der Waals surface area (Å²) in [6.07, 6.45) is 12.6. The third-order valence-electron chi connectivity index (χ3n) is 5.77. The van der Waals surface area contributed by atoms with E-state index in [1.807, 2.05) is 31.2 Å². The number of carboxylic acids is 1. The van der Waals surface area contributed by atoms with Crippen molar-refractivity contribution >= 4 is 29.2 Å². The summed E-state index contributed by atoms with van der Waals surface area (Å²) in [5, 5.41) is 29.4. The monoisotopic (exact) mass is 434 g/mol. The van der Waals surface area contributed by atoms with Crippen LogP contribution in [0.4, 0.5) is 0 Å². The number of hydrogen-bond acceptors (Lipinski definition) is 3. The van der Waals surface area contributed by atoms with Crippen molar-refractivity contribution in [3.63, 3.8) is 0 Å². The minimum absolute atomic E-state index is 0.0455. The number of alkyl halides is 2. The van der Waals surface area contributed by atoms with Gasteiger partial charge in [-0.2, -0.15) is 0 Å². The van der Waals surface area contributed by atoms with Gasteiger partial charge in [0.2, 0.25) is 0 Å². The Morgan fingerprint density at radius 3 is 2.61 bits per heavy atom. The summed E-state index contributed by atoms with van der Waals surface area (Å²) < 4.78 is 0. The fraction of sp³-hybridized carbons (Fsp3) is 0.773. The second-order valence-corrected chi connectivity index (χ2v) is 9.18. The molecule has 1 saturated carbocycles. The molecule has 0 aliphatic heterocycles. The lowest BCUT2D eigenvalue weighted by molar-refractivity contribution is -0.137. The molecule has 6 heteroatoms. The number of carbonyl (C=O) groups is 1. The number of unbranched alkanes of at least 4 members (excludes halogenated alkanes) is 1. The number of aliphatic hydroxyl groups excluding tert-OH is 2. The Morgan fingerprint density at radius 2 is 2.00 bits per heavy atom. The van der Waals surface area contributed by atoms with Gasteiger partial charge in [0.25, 0.3) is 0 Å². The molecule has 0 bridgehead atoms. The molecule has 0 aromatic carbocycles. The molecular formula is C22H36Cl2O4. The van der Waals surface area contributed by atoms with Crippen LogP contribution in [0.25, 0.3) is 0 Å². The minimum atomic E-state index is -0.775. The quantitative estimate of drug-likeness (QED) is 0.209. The lowest BCUT2D eigenvalue weighted by atomic mass is 9.88. The van der Waals surface area contributed by atoms with E-state index in [1.165, 1.54) is 0 Å². The van der Waals surface area contributed by atoms with E-state index >= 15 is 0 Å². The molecule has 1 unspecified atom stereocenters. The molecule has 0 spiro atoms. The van der Waals surface area contributed by atoms with Gasteiger partial charge in [0.05, 0.1) is 17.1 Å². The van der Waals surface area contributed by atoms with Gasteiger partial charge in [-0.3, -0.25) is 4.79 Å². The van der Waals surface area contributed by atoms with Crippen LogP contribution in [-0.4, -0.2) is 43.7 Å².